The Morgan fingerprint density at radius 2 is 2.05 bits per heavy atom. The number of aromatic nitrogens is 2. The minimum Gasteiger partial charge on any atom is -0.464 e. The van der Waals surface area contributed by atoms with Crippen molar-refractivity contribution in [2.45, 2.75) is 33.2 Å². The lowest BCUT2D eigenvalue weighted by Gasteiger charge is -2.16. The molecule has 0 aliphatic carbocycles. The third kappa shape index (κ3) is 2.46. The molecule has 0 amide bonds. The minimum absolute atomic E-state index is 0.100. The van der Waals surface area contributed by atoms with Crippen LogP contribution in [0, 0.1) is 13.8 Å². The summed E-state index contributed by atoms with van der Waals surface area (Å²) in [7, 11) is 0. The molecule has 0 spiro atoms. The molecule has 1 atom stereocenters. The van der Waals surface area contributed by atoms with Crippen LogP contribution in [0.3, 0.4) is 0 Å². The zero-order valence-electron chi connectivity index (χ0n) is 12.6. The Morgan fingerprint density at radius 3 is 2.71 bits per heavy atom. The van der Waals surface area contributed by atoms with Crippen LogP contribution in [0.1, 0.15) is 35.9 Å². The van der Waals surface area contributed by atoms with Gasteiger partial charge in [-0.05, 0) is 44.5 Å². The van der Waals surface area contributed by atoms with E-state index in [0.29, 0.717) is 5.88 Å². The van der Waals surface area contributed by atoms with Crippen molar-refractivity contribution in [3.63, 3.8) is 0 Å². The number of nitrogens with zero attached hydrogens (tertiary/aromatic N) is 2. The molecule has 1 aromatic carbocycles. The van der Waals surface area contributed by atoms with Crippen LogP contribution in [-0.4, -0.2) is 15.4 Å². The van der Waals surface area contributed by atoms with Crippen LogP contribution < -0.4 is 0 Å². The highest BCUT2D eigenvalue weighted by molar-refractivity contribution is 6.17. The summed E-state index contributed by atoms with van der Waals surface area (Å²) in [6, 6.07) is 10.3. The van der Waals surface area contributed by atoms with E-state index in [1.165, 1.54) is 11.1 Å². The predicted molar refractivity (Wildman–Crippen MR) is 86.2 cm³/mol. The van der Waals surface area contributed by atoms with Gasteiger partial charge in [-0.1, -0.05) is 12.1 Å². The molecule has 0 fully saturated rings. The second kappa shape index (κ2) is 5.57. The average molecular weight is 303 g/mol. The van der Waals surface area contributed by atoms with E-state index < -0.39 is 0 Å². The maximum absolute atomic E-state index is 5.95. The van der Waals surface area contributed by atoms with Gasteiger partial charge in [-0.3, -0.25) is 0 Å². The zero-order chi connectivity index (χ0) is 15.0. The van der Waals surface area contributed by atoms with Crippen molar-refractivity contribution in [1.82, 2.24) is 9.55 Å². The van der Waals surface area contributed by atoms with E-state index in [0.717, 1.165) is 29.3 Å². The highest BCUT2D eigenvalue weighted by Crippen LogP contribution is 2.29. The van der Waals surface area contributed by atoms with Gasteiger partial charge >= 0.3 is 0 Å². The van der Waals surface area contributed by atoms with Gasteiger partial charge in [0.15, 0.2) is 0 Å². The normalized spacial score (nSPS) is 13.0. The van der Waals surface area contributed by atoms with Crippen molar-refractivity contribution in [3.8, 4) is 0 Å². The van der Waals surface area contributed by atoms with Gasteiger partial charge in [-0.2, -0.15) is 0 Å². The van der Waals surface area contributed by atoms with Gasteiger partial charge < -0.3 is 8.98 Å². The van der Waals surface area contributed by atoms with Crippen LogP contribution in [0.15, 0.2) is 34.7 Å². The summed E-state index contributed by atoms with van der Waals surface area (Å²) in [5.41, 5.74) is 3.40. The monoisotopic (exact) mass is 302 g/mol. The van der Waals surface area contributed by atoms with E-state index in [-0.39, 0.29) is 6.04 Å². The molecule has 0 saturated heterocycles. The number of hydrogen-bond acceptors (Lipinski definition) is 2. The fraction of sp³-hybridized carbons (Fsp3) is 0.353. The maximum Gasteiger partial charge on any atom is 0.126 e. The van der Waals surface area contributed by atoms with Gasteiger partial charge in [0.05, 0.1) is 17.1 Å². The number of fused-ring (bicyclic) bond motifs is 1. The molecule has 2 aromatic heterocycles. The SMILES string of the molecule is Cc1ccc(C(C)n2c(CCCl)nc3cccc(C)c32)o1. The Balaban J connectivity index is 2.21. The molecule has 3 aromatic rings. The van der Waals surface area contributed by atoms with Crippen LogP contribution >= 0.6 is 11.6 Å². The number of benzene rings is 1. The first-order valence-electron chi connectivity index (χ1n) is 7.20. The lowest BCUT2D eigenvalue weighted by Crippen LogP contribution is -2.11. The van der Waals surface area contributed by atoms with Crippen LogP contribution in [0.2, 0.25) is 0 Å². The average Bonchev–Trinajstić information content (AvgIpc) is 3.03. The molecule has 0 aliphatic rings. The molecule has 0 aliphatic heterocycles. The number of aryl methyl sites for hydroxylation is 3. The largest absolute Gasteiger partial charge is 0.464 e. The Kier molecular flexibility index (Phi) is 3.77. The molecule has 21 heavy (non-hydrogen) atoms. The van der Waals surface area contributed by atoms with Crippen molar-refractivity contribution in [1.29, 1.82) is 0 Å². The van der Waals surface area contributed by atoms with Gasteiger partial charge in [-0.25, -0.2) is 4.98 Å². The molecule has 0 bridgehead atoms. The summed E-state index contributed by atoms with van der Waals surface area (Å²) in [6.07, 6.45) is 0.750. The molecular formula is C17H19ClN2O. The Bertz CT molecular complexity index is 772. The summed E-state index contributed by atoms with van der Waals surface area (Å²) in [4.78, 5) is 4.75. The summed E-state index contributed by atoms with van der Waals surface area (Å²) in [5.74, 6) is 3.45. The lowest BCUT2D eigenvalue weighted by molar-refractivity contribution is 0.428. The predicted octanol–water partition coefficient (Wildman–Crippen LogP) is 4.64. The molecule has 2 heterocycles. The second-order valence-electron chi connectivity index (χ2n) is 5.40. The molecule has 0 radical (unpaired) electrons. The summed E-state index contributed by atoms with van der Waals surface area (Å²) in [5, 5.41) is 0. The fourth-order valence-corrected chi connectivity index (χ4v) is 3.02. The van der Waals surface area contributed by atoms with E-state index in [1.807, 2.05) is 25.1 Å². The van der Waals surface area contributed by atoms with E-state index in [4.69, 9.17) is 21.0 Å². The van der Waals surface area contributed by atoms with Gasteiger partial charge in [-0.15, -0.1) is 11.6 Å². The zero-order valence-corrected chi connectivity index (χ0v) is 13.3. The number of halogens is 1. The number of alkyl halides is 1. The molecule has 0 N–H and O–H groups in total. The first kappa shape index (κ1) is 14.2. The van der Waals surface area contributed by atoms with Crippen molar-refractivity contribution in [2.75, 3.05) is 5.88 Å². The molecule has 4 heteroatoms. The highest BCUT2D eigenvalue weighted by atomic mass is 35.5. The van der Waals surface area contributed by atoms with E-state index in [2.05, 4.69) is 30.5 Å². The van der Waals surface area contributed by atoms with Crippen molar-refractivity contribution >= 4 is 22.6 Å². The van der Waals surface area contributed by atoms with Crippen LogP contribution in [0.25, 0.3) is 11.0 Å². The smallest absolute Gasteiger partial charge is 0.126 e. The molecule has 1 unspecified atom stereocenters. The lowest BCUT2D eigenvalue weighted by atomic mass is 10.1. The third-order valence-corrected chi connectivity index (χ3v) is 4.05. The van der Waals surface area contributed by atoms with E-state index in [9.17, 15) is 0 Å². The summed E-state index contributed by atoms with van der Waals surface area (Å²) in [6.45, 7) is 6.22. The molecular weight excluding hydrogens is 284 g/mol. The molecule has 3 nitrogen and oxygen atoms in total. The van der Waals surface area contributed by atoms with Crippen molar-refractivity contribution in [2.24, 2.45) is 0 Å². The summed E-state index contributed by atoms with van der Waals surface area (Å²) >= 11 is 5.95. The third-order valence-electron chi connectivity index (χ3n) is 3.86. The molecule has 3 rings (SSSR count). The van der Waals surface area contributed by atoms with Gasteiger partial charge in [0.25, 0.3) is 0 Å². The van der Waals surface area contributed by atoms with Crippen LogP contribution in [0.4, 0.5) is 0 Å². The Morgan fingerprint density at radius 1 is 1.24 bits per heavy atom. The Labute approximate surface area is 129 Å². The highest BCUT2D eigenvalue weighted by Gasteiger charge is 2.20. The topological polar surface area (TPSA) is 31.0 Å². The standard InChI is InChI=1S/C17H19ClN2O/c1-11-5-4-6-14-17(11)20(16(19-14)9-10-18)13(3)15-8-7-12(2)21-15/h4-8,13H,9-10H2,1-3H3. The van der Waals surface area contributed by atoms with E-state index in [1.54, 1.807) is 0 Å². The summed E-state index contributed by atoms with van der Waals surface area (Å²) < 4.78 is 8.06. The number of furan rings is 1. The number of hydrogen-bond donors (Lipinski definition) is 0. The van der Waals surface area contributed by atoms with E-state index >= 15 is 0 Å². The van der Waals surface area contributed by atoms with Gasteiger partial charge in [0, 0.05) is 12.3 Å². The quantitative estimate of drug-likeness (QED) is 0.658. The molecule has 110 valence electrons. The number of rotatable bonds is 4. The Hall–Kier alpha value is -1.74. The minimum atomic E-state index is 0.100. The van der Waals surface area contributed by atoms with Crippen molar-refractivity contribution in [3.05, 3.63) is 53.2 Å². The first-order valence-corrected chi connectivity index (χ1v) is 7.74. The fourth-order valence-electron chi connectivity index (χ4n) is 2.85. The number of para-hydroxylation sites is 1. The maximum atomic E-state index is 5.95. The van der Waals surface area contributed by atoms with Gasteiger partial charge in [0.2, 0.25) is 0 Å². The van der Waals surface area contributed by atoms with Crippen LogP contribution in [-0.2, 0) is 6.42 Å². The van der Waals surface area contributed by atoms with Crippen molar-refractivity contribution < 1.29 is 4.42 Å². The number of imidazole rings is 1. The first-order chi connectivity index (χ1) is 10.1. The second-order valence-corrected chi connectivity index (χ2v) is 5.78. The van der Waals surface area contributed by atoms with Crippen LogP contribution in [0.5, 0.6) is 0 Å². The van der Waals surface area contributed by atoms with Gasteiger partial charge in [0.1, 0.15) is 17.3 Å². The molecule has 0 saturated carbocycles.